The van der Waals surface area contributed by atoms with E-state index in [4.69, 9.17) is 9.47 Å². The van der Waals surface area contributed by atoms with Crippen molar-refractivity contribution >= 4 is 40.9 Å². The van der Waals surface area contributed by atoms with Gasteiger partial charge in [-0.2, -0.15) is 0 Å². The Hall–Kier alpha value is -2.85. The van der Waals surface area contributed by atoms with Gasteiger partial charge in [-0.05, 0) is 23.9 Å². The first-order valence-electron chi connectivity index (χ1n) is 8.26. The van der Waals surface area contributed by atoms with Crippen LogP contribution in [0.2, 0.25) is 0 Å². The summed E-state index contributed by atoms with van der Waals surface area (Å²) in [7, 11) is 2.75. The van der Waals surface area contributed by atoms with Crippen LogP contribution >= 0.6 is 11.8 Å². The van der Waals surface area contributed by atoms with Crippen LogP contribution in [0, 0.1) is 0 Å². The molecular weight excluding hydrogens is 388 g/mol. The first kappa shape index (κ1) is 21.5. The second kappa shape index (κ2) is 10.5. The highest BCUT2D eigenvalue weighted by molar-refractivity contribution is 8.18. The number of ether oxygens (including phenoxy) is 3. The molecule has 0 unspecified atom stereocenters. The van der Waals surface area contributed by atoms with Crippen LogP contribution in [0.1, 0.15) is 5.56 Å². The summed E-state index contributed by atoms with van der Waals surface area (Å²) in [6, 6.07) is 6.74. The van der Waals surface area contributed by atoms with E-state index in [1.807, 2.05) is 0 Å². The van der Waals surface area contributed by atoms with E-state index in [2.05, 4.69) is 10.1 Å². The summed E-state index contributed by atoms with van der Waals surface area (Å²) in [5.74, 6) is -1.21. The smallest absolute Gasteiger partial charge is 0.343 e. The van der Waals surface area contributed by atoms with Gasteiger partial charge in [-0.3, -0.25) is 19.3 Å². The number of para-hydroxylation sites is 1. The van der Waals surface area contributed by atoms with E-state index in [1.165, 1.54) is 20.3 Å². The lowest BCUT2D eigenvalue weighted by Crippen LogP contribution is -2.40. The van der Waals surface area contributed by atoms with Gasteiger partial charge in [-0.25, -0.2) is 4.79 Å². The summed E-state index contributed by atoms with van der Waals surface area (Å²) in [5.41, 5.74) is 0.515. The maximum atomic E-state index is 12.5. The van der Waals surface area contributed by atoms with E-state index < -0.39 is 23.0 Å². The number of thioether (sulfide) groups is 1. The number of hydrogen-bond acceptors (Lipinski definition) is 8. The van der Waals surface area contributed by atoms with Gasteiger partial charge in [-0.15, -0.1) is 0 Å². The lowest BCUT2D eigenvalue weighted by molar-refractivity contribution is -0.142. The summed E-state index contributed by atoms with van der Waals surface area (Å²) < 4.78 is 14.7. The molecule has 1 aromatic rings. The molecule has 150 valence electrons. The molecular formula is C18H20N2O7S. The molecule has 1 aliphatic rings. The van der Waals surface area contributed by atoms with Gasteiger partial charge in [0.15, 0.2) is 6.61 Å². The Labute approximate surface area is 166 Å². The van der Waals surface area contributed by atoms with Crippen molar-refractivity contribution in [2.45, 2.75) is 0 Å². The van der Waals surface area contributed by atoms with Crippen LogP contribution in [0.25, 0.3) is 6.08 Å². The summed E-state index contributed by atoms with van der Waals surface area (Å²) in [6.07, 6.45) is 1.49. The average molecular weight is 408 g/mol. The van der Waals surface area contributed by atoms with Crippen LogP contribution in [-0.4, -0.2) is 68.4 Å². The van der Waals surface area contributed by atoms with E-state index in [0.717, 1.165) is 16.7 Å². The summed E-state index contributed by atoms with van der Waals surface area (Å²) in [5, 5.41) is 2.02. The lowest BCUT2D eigenvalue weighted by atomic mass is 10.2. The topological polar surface area (TPSA) is 111 Å². The van der Waals surface area contributed by atoms with Crippen LogP contribution in [0.4, 0.5) is 4.79 Å². The van der Waals surface area contributed by atoms with Gasteiger partial charge in [0.1, 0.15) is 12.3 Å². The minimum absolute atomic E-state index is 0.156. The van der Waals surface area contributed by atoms with Crippen molar-refractivity contribution in [3.05, 3.63) is 34.7 Å². The number of carbonyl (C=O) groups is 4. The third kappa shape index (κ3) is 5.83. The quantitative estimate of drug-likeness (QED) is 0.367. The van der Waals surface area contributed by atoms with Crippen LogP contribution in [0.5, 0.6) is 5.75 Å². The minimum Gasteiger partial charge on any atom is -0.481 e. The molecule has 1 N–H and O–H groups in total. The molecule has 9 nitrogen and oxygen atoms in total. The number of nitrogens with zero attached hydrogens (tertiary/aromatic N) is 1. The van der Waals surface area contributed by atoms with Gasteiger partial charge in [-0.1, -0.05) is 18.2 Å². The van der Waals surface area contributed by atoms with Crippen LogP contribution in [-0.2, 0) is 23.9 Å². The first-order valence-corrected chi connectivity index (χ1v) is 9.07. The fourth-order valence-corrected chi connectivity index (χ4v) is 3.03. The molecule has 0 aliphatic carbocycles. The molecule has 0 spiro atoms. The number of carbonyl (C=O) groups excluding carboxylic acids is 4. The third-order valence-corrected chi connectivity index (χ3v) is 4.49. The molecule has 1 aliphatic heterocycles. The number of nitrogens with one attached hydrogen (secondary N) is 1. The van der Waals surface area contributed by atoms with E-state index in [1.54, 1.807) is 24.3 Å². The number of benzene rings is 1. The van der Waals surface area contributed by atoms with E-state index in [-0.39, 0.29) is 24.6 Å². The normalized spacial score (nSPS) is 15.1. The van der Waals surface area contributed by atoms with Gasteiger partial charge in [0, 0.05) is 19.2 Å². The van der Waals surface area contributed by atoms with Crippen molar-refractivity contribution < 1.29 is 33.4 Å². The zero-order chi connectivity index (χ0) is 20.5. The number of imide groups is 1. The Morgan fingerprint density at radius 1 is 1.21 bits per heavy atom. The number of methoxy groups -OCH3 is 2. The highest BCUT2D eigenvalue weighted by Gasteiger charge is 2.36. The predicted octanol–water partition coefficient (Wildman–Crippen LogP) is 1.04. The van der Waals surface area contributed by atoms with Crippen LogP contribution in [0.15, 0.2) is 29.2 Å². The third-order valence-electron chi connectivity index (χ3n) is 3.58. The second-order valence-corrected chi connectivity index (χ2v) is 6.51. The number of esters is 1. The van der Waals surface area contributed by atoms with Crippen molar-refractivity contribution in [1.29, 1.82) is 0 Å². The fraction of sp³-hybridized carbons (Fsp3) is 0.333. The molecule has 1 aromatic carbocycles. The van der Waals surface area contributed by atoms with Gasteiger partial charge in [0.25, 0.3) is 11.1 Å². The maximum Gasteiger partial charge on any atom is 0.343 e. The van der Waals surface area contributed by atoms with Crippen molar-refractivity contribution in [1.82, 2.24) is 10.2 Å². The SMILES string of the molecule is COCCNC(=O)CN1C(=O)S/C(=C\c2ccccc2OCC(=O)OC)C1=O. The molecule has 1 heterocycles. The van der Waals surface area contributed by atoms with E-state index >= 15 is 0 Å². The molecule has 0 bridgehead atoms. The highest BCUT2D eigenvalue weighted by atomic mass is 32.2. The molecule has 28 heavy (non-hydrogen) atoms. The second-order valence-electron chi connectivity index (χ2n) is 5.51. The average Bonchev–Trinajstić information content (AvgIpc) is 2.94. The van der Waals surface area contributed by atoms with Gasteiger partial charge < -0.3 is 19.5 Å². The zero-order valence-electron chi connectivity index (χ0n) is 15.4. The Kier molecular flexibility index (Phi) is 8.02. The molecule has 1 fully saturated rings. The zero-order valence-corrected chi connectivity index (χ0v) is 16.2. The summed E-state index contributed by atoms with van der Waals surface area (Å²) in [4.78, 5) is 48.8. The first-order chi connectivity index (χ1) is 13.5. The predicted molar refractivity (Wildman–Crippen MR) is 102 cm³/mol. The Morgan fingerprint density at radius 2 is 1.96 bits per heavy atom. The molecule has 0 saturated carbocycles. The highest BCUT2D eigenvalue weighted by Crippen LogP contribution is 2.33. The molecule has 0 aromatic heterocycles. The Bertz CT molecular complexity index is 794. The molecule has 1 saturated heterocycles. The maximum absolute atomic E-state index is 12.5. The lowest BCUT2D eigenvalue weighted by Gasteiger charge is -2.12. The molecule has 2 rings (SSSR count). The molecule has 10 heteroatoms. The molecule has 3 amide bonds. The Morgan fingerprint density at radius 3 is 2.68 bits per heavy atom. The van der Waals surface area contributed by atoms with Gasteiger partial charge in [0.2, 0.25) is 5.91 Å². The largest absolute Gasteiger partial charge is 0.481 e. The standard InChI is InChI=1S/C18H20N2O7S/c1-25-8-7-19-15(21)10-20-17(23)14(28-18(20)24)9-12-5-3-4-6-13(12)27-11-16(22)26-2/h3-6,9H,7-8,10-11H2,1-2H3,(H,19,21)/b14-9-. The summed E-state index contributed by atoms with van der Waals surface area (Å²) in [6.45, 7) is -0.0428. The van der Waals surface area contributed by atoms with E-state index in [0.29, 0.717) is 17.9 Å². The number of rotatable bonds is 9. The fourth-order valence-electron chi connectivity index (χ4n) is 2.20. The summed E-state index contributed by atoms with van der Waals surface area (Å²) >= 11 is 0.731. The van der Waals surface area contributed by atoms with E-state index in [9.17, 15) is 19.2 Å². The van der Waals surface area contributed by atoms with Crippen LogP contribution in [0.3, 0.4) is 0 Å². The molecule has 0 radical (unpaired) electrons. The Balaban J connectivity index is 2.09. The van der Waals surface area contributed by atoms with Crippen molar-refractivity contribution in [2.75, 3.05) is 40.5 Å². The van der Waals surface area contributed by atoms with Crippen molar-refractivity contribution in [3.8, 4) is 5.75 Å². The number of hydrogen-bond donors (Lipinski definition) is 1. The van der Waals surface area contributed by atoms with Gasteiger partial charge in [0.05, 0.1) is 18.6 Å². The van der Waals surface area contributed by atoms with Gasteiger partial charge >= 0.3 is 5.97 Å². The van der Waals surface area contributed by atoms with Crippen molar-refractivity contribution in [2.24, 2.45) is 0 Å². The monoisotopic (exact) mass is 408 g/mol. The minimum atomic E-state index is -0.570. The molecule has 0 atom stereocenters. The van der Waals surface area contributed by atoms with Crippen LogP contribution < -0.4 is 10.1 Å². The van der Waals surface area contributed by atoms with Crippen molar-refractivity contribution in [3.63, 3.8) is 0 Å². The number of amides is 3.